The average Bonchev–Trinajstić information content (AvgIpc) is 2.96. The highest BCUT2D eigenvalue weighted by atomic mass is 35.5. The molecule has 4 aromatic rings. The fourth-order valence-corrected chi connectivity index (χ4v) is 6.06. The quantitative estimate of drug-likeness (QED) is 0.266. The van der Waals surface area contributed by atoms with Crippen LogP contribution in [0.4, 0.5) is 5.69 Å². The van der Waals surface area contributed by atoms with Crippen molar-refractivity contribution >= 4 is 33.2 Å². The van der Waals surface area contributed by atoms with Gasteiger partial charge in [-0.05, 0) is 73.5 Å². The number of sulfonamides is 1. The molecule has 9 heteroatoms. The number of amides is 1. The van der Waals surface area contributed by atoms with Crippen molar-refractivity contribution in [3.05, 3.63) is 118 Å². The first-order valence-electron chi connectivity index (χ1n) is 12.9. The van der Waals surface area contributed by atoms with Gasteiger partial charge in [0, 0.05) is 5.02 Å². The summed E-state index contributed by atoms with van der Waals surface area (Å²) in [5.74, 6) is 0.889. The smallest absolute Gasteiger partial charge is 0.264 e. The van der Waals surface area contributed by atoms with Crippen molar-refractivity contribution in [3.63, 3.8) is 0 Å². The average molecular weight is 577 g/mol. The van der Waals surface area contributed by atoms with Crippen molar-refractivity contribution in [1.82, 2.24) is 5.32 Å². The van der Waals surface area contributed by atoms with Gasteiger partial charge in [0.1, 0.15) is 13.2 Å². The van der Waals surface area contributed by atoms with Crippen molar-refractivity contribution in [2.24, 2.45) is 0 Å². The number of fused-ring (bicyclic) bond motifs is 1. The molecule has 1 atom stereocenters. The zero-order chi connectivity index (χ0) is 28.3. The van der Waals surface area contributed by atoms with Gasteiger partial charge in [-0.1, -0.05) is 59.6 Å². The molecule has 1 aliphatic heterocycles. The fraction of sp³-hybridized carbons (Fsp3) is 0.194. The molecule has 4 aromatic carbocycles. The van der Waals surface area contributed by atoms with Gasteiger partial charge in [-0.2, -0.15) is 0 Å². The Labute approximate surface area is 239 Å². The molecule has 0 aliphatic carbocycles. The van der Waals surface area contributed by atoms with Gasteiger partial charge >= 0.3 is 0 Å². The summed E-state index contributed by atoms with van der Waals surface area (Å²) in [4.78, 5) is 13.8. The SMILES string of the molecule is Cc1ccc(S(=O)(=O)N(Cc2ccc(Cl)cc2)c2ccccc2C(=O)NC(C)c2ccc3c(c2)OCCO3)cc1. The third kappa shape index (κ3) is 5.93. The molecule has 1 N–H and O–H groups in total. The Morgan fingerprint density at radius 1 is 0.925 bits per heavy atom. The van der Waals surface area contributed by atoms with Crippen LogP contribution in [0, 0.1) is 6.92 Å². The number of hydrogen-bond donors (Lipinski definition) is 1. The Hall–Kier alpha value is -4.01. The van der Waals surface area contributed by atoms with Crippen LogP contribution in [0.5, 0.6) is 11.5 Å². The minimum atomic E-state index is -4.04. The second kappa shape index (κ2) is 11.6. The molecule has 0 radical (unpaired) electrons. The van der Waals surface area contributed by atoms with E-state index in [1.165, 1.54) is 4.31 Å². The summed E-state index contributed by atoms with van der Waals surface area (Å²) in [6, 6.07) is 25.5. The largest absolute Gasteiger partial charge is 0.486 e. The van der Waals surface area contributed by atoms with Gasteiger partial charge in [-0.15, -0.1) is 0 Å². The van der Waals surface area contributed by atoms with Crippen LogP contribution in [-0.2, 0) is 16.6 Å². The Balaban J connectivity index is 1.49. The number of aryl methyl sites for hydroxylation is 1. The van der Waals surface area contributed by atoms with Crippen LogP contribution < -0.4 is 19.1 Å². The van der Waals surface area contributed by atoms with E-state index in [2.05, 4.69) is 5.32 Å². The molecule has 7 nitrogen and oxygen atoms in total. The lowest BCUT2D eigenvalue weighted by molar-refractivity contribution is 0.0940. The van der Waals surface area contributed by atoms with Crippen LogP contribution >= 0.6 is 11.6 Å². The summed E-state index contributed by atoms with van der Waals surface area (Å²) >= 11 is 6.07. The molecule has 1 amide bonds. The lowest BCUT2D eigenvalue weighted by Gasteiger charge is -2.27. The predicted octanol–water partition coefficient (Wildman–Crippen LogP) is 6.31. The van der Waals surface area contributed by atoms with Gasteiger partial charge in [-0.3, -0.25) is 9.10 Å². The van der Waals surface area contributed by atoms with Crippen molar-refractivity contribution in [3.8, 4) is 11.5 Å². The normalized spacial score (nSPS) is 13.4. The molecule has 206 valence electrons. The van der Waals surface area contributed by atoms with Crippen LogP contribution in [0.15, 0.2) is 95.9 Å². The topological polar surface area (TPSA) is 84.9 Å². The molecule has 0 saturated heterocycles. The highest BCUT2D eigenvalue weighted by molar-refractivity contribution is 7.92. The maximum absolute atomic E-state index is 14.0. The van der Waals surface area contributed by atoms with E-state index in [9.17, 15) is 13.2 Å². The summed E-state index contributed by atoms with van der Waals surface area (Å²) in [6.07, 6.45) is 0. The number of halogens is 1. The van der Waals surface area contributed by atoms with Crippen LogP contribution in [0.1, 0.15) is 40.0 Å². The molecule has 0 aromatic heterocycles. The number of rotatable bonds is 8. The lowest BCUT2D eigenvalue weighted by atomic mass is 10.1. The molecule has 5 rings (SSSR count). The third-order valence-corrected chi connectivity index (χ3v) is 8.71. The number of hydrogen-bond acceptors (Lipinski definition) is 5. The zero-order valence-corrected chi connectivity index (χ0v) is 23.7. The van der Waals surface area contributed by atoms with Crippen molar-refractivity contribution in [1.29, 1.82) is 0 Å². The summed E-state index contributed by atoms with van der Waals surface area (Å²) in [5.41, 5.74) is 3.00. The zero-order valence-electron chi connectivity index (χ0n) is 22.1. The van der Waals surface area contributed by atoms with Gasteiger partial charge < -0.3 is 14.8 Å². The Morgan fingerprint density at radius 3 is 2.33 bits per heavy atom. The number of carbonyl (C=O) groups is 1. The maximum Gasteiger partial charge on any atom is 0.264 e. The van der Waals surface area contributed by atoms with E-state index in [4.69, 9.17) is 21.1 Å². The number of carbonyl (C=O) groups excluding carboxylic acids is 1. The first kappa shape index (κ1) is 27.6. The number of nitrogens with zero attached hydrogens (tertiary/aromatic N) is 1. The van der Waals surface area contributed by atoms with Crippen molar-refractivity contribution in [2.45, 2.75) is 31.3 Å². The first-order valence-corrected chi connectivity index (χ1v) is 14.7. The number of ether oxygens (including phenoxy) is 2. The summed E-state index contributed by atoms with van der Waals surface area (Å²) in [5, 5.41) is 3.56. The van der Waals surface area contributed by atoms with Crippen LogP contribution in [0.25, 0.3) is 0 Å². The van der Waals surface area contributed by atoms with E-state index in [0.717, 1.165) is 16.7 Å². The summed E-state index contributed by atoms with van der Waals surface area (Å²) in [7, 11) is -4.04. The number of anilines is 1. The highest BCUT2D eigenvalue weighted by Crippen LogP contribution is 2.34. The Morgan fingerprint density at radius 2 is 1.60 bits per heavy atom. The monoisotopic (exact) mass is 576 g/mol. The van der Waals surface area contributed by atoms with Gasteiger partial charge in [-0.25, -0.2) is 8.42 Å². The lowest BCUT2D eigenvalue weighted by Crippen LogP contribution is -2.34. The molecule has 0 saturated carbocycles. The molecule has 1 heterocycles. The molecule has 1 unspecified atom stereocenters. The number of benzene rings is 4. The highest BCUT2D eigenvalue weighted by Gasteiger charge is 2.29. The number of nitrogens with one attached hydrogen (secondary N) is 1. The summed E-state index contributed by atoms with van der Waals surface area (Å²) < 4.78 is 40.6. The third-order valence-electron chi connectivity index (χ3n) is 6.68. The second-order valence-corrected chi connectivity index (χ2v) is 11.9. The van der Waals surface area contributed by atoms with E-state index < -0.39 is 15.9 Å². The number of para-hydroxylation sites is 1. The fourth-order valence-electron chi connectivity index (χ4n) is 4.46. The van der Waals surface area contributed by atoms with Gasteiger partial charge in [0.15, 0.2) is 11.5 Å². The minimum Gasteiger partial charge on any atom is -0.486 e. The molecule has 0 bridgehead atoms. The summed E-state index contributed by atoms with van der Waals surface area (Å²) in [6.45, 7) is 4.72. The minimum absolute atomic E-state index is 0.00931. The molecular weight excluding hydrogens is 548 g/mol. The second-order valence-electron chi connectivity index (χ2n) is 9.57. The standard InChI is InChI=1S/C31H29ClN2O5S/c1-21-7-14-26(15-8-21)40(36,37)34(20-23-9-12-25(32)13-10-23)28-6-4-3-5-27(28)31(35)33-22(2)24-11-16-29-30(19-24)39-18-17-38-29/h3-16,19,22H,17-18,20H2,1-2H3,(H,33,35). The van der Waals surface area contributed by atoms with Crippen LogP contribution in [0.3, 0.4) is 0 Å². The van der Waals surface area contributed by atoms with E-state index in [1.807, 2.05) is 32.0 Å². The molecule has 40 heavy (non-hydrogen) atoms. The predicted molar refractivity (Wildman–Crippen MR) is 156 cm³/mol. The first-order chi connectivity index (χ1) is 19.2. The molecule has 1 aliphatic rings. The molecular formula is C31H29ClN2O5S. The van der Waals surface area contributed by atoms with E-state index in [1.54, 1.807) is 72.8 Å². The van der Waals surface area contributed by atoms with Crippen LogP contribution in [0.2, 0.25) is 5.02 Å². The van der Waals surface area contributed by atoms with E-state index in [0.29, 0.717) is 29.7 Å². The molecule has 0 fully saturated rings. The van der Waals surface area contributed by atoms with Gasteiger partial charge in [0.2, 0.25) is 0 Å². The van der Waals surface area contributed by atoms with Crippen LogP contribution in [-0.4, -0.2) is 27.5 Å². The van der Waals surface area contributed by atoms with E-state index >= 15 is 0 Å². The van der Waals surface area contributed by atoms with E-state index in [-0.39, 0.29) is 28.7 Å². The van der Waals surface area contributed by atoms with Crippen molar-refractivity contribution in [2.75, 3.05) is 17.5 Å². The maximum atomic E-state index is 14.0. The Bertz CT molecular complexity index is 1620. The molecule has 0 spiro atoms. The van der Waals surface area contributed by atoms with Crippen molar-refractivity contribution < 1.29 is 22.7 Å². The Kier molecular flexibility index (Phi) is 8.00. The van der Waals surface area contributed by atoms with Gasteiger partial charge in [0.25, 0.3) is 15.9 Å². The van der Waals surface area contributed by atoms with Gasteiger partial charge in [0.05, 0.1) is 28.7 Å².